The predicted molar refractivity (Wildman–Crippen MR) is 79.7 cm³/mol. The lowest BCUT2D eigenvalue weighted by molar-refractivity contribution is 0.332. The topological polar surface area (TPSA) is 56.1 Å². The van der Waals surface area contributed by atoms with Gasteiger partial charge in [0.05, 0.1) is 11.9 Å². The number of nitrogens with one attached hydrogen (secondary N) is 1. The fourth-order valence-electron chi connectivity index (χ4n) is 1.69. The Bertz CT molecular complexity index is 655. The van der Waals surface area contributed by atoms with Crippen LogP contribution in [0, 0.1) is 6.92 Å². The van der Waals surface area contributed by atoms with E-state index in [1.807, 2.05) is 31.2 Å². The van der Waals surface area contributed by atoms with E-state index in [2.05, 4.69) is 10.4 Å². The molecule has 1 N–H and O–H groups in total. The van der Waals surface area contributed by atoms with Gasteiger partial charge in [-0.05, 0) is 24.6 Å². The molecule has 0 amide bonds. The van der Waals surface area contributed by atoms with E-state index in [-0.39, 0.29) is 10.6 Å². The van der Waals surface area contributed by atoms with E-state index >= 15 is 0 Å². The zero-order valence-electron chi connectivity index (χ0n) is 11.4. The Hall–Kier alpha value is -2.01. The molecule has 0 aliphatic heterocycles. The smallest absolute Gasteiger partial charge is 0.287 e. The zero-order valence-corrected chi connectivity index (χ0v) is 12.1. The molecular formula is C14H16ClN3O2. The van der Waals surface area contributed by atoms with Crippen LogP contribution in [0.1, 0.15) is 5.56 Å². The first-order chi connectivity index (χ1) is 9.58. The third-order valence-corrected chi connectivity index (χ3v) is 3.12. The molecule has 0 fully saturated rings. The lowest BCUT2D eigenvalue weighted by Crippen LogP contribution is -2.22. The Morgan fingerprint density at radius 1 is 1.45 bits per heavy atom. The molecule has 0 saturated heterocycles. The van der Waals surface area contributed by atoms with E-state index in [1.54, 1.807) is 7.05 Å². The van der Waals surface area contributed by atoms with Crippen LogP contribution in [0.4, 0.5) is 5.69 Å². The monoisotopic (exact) mass is 293 g/mol. The van der Waals surface area contributed by atoms with Crippen LogP contribution in [0.3, 0.4) is 0 Å². The first-order valence-electron chi connectivity index (χ1n) is 6.23. The van der Waals surface area contributed by atoms with Gasteiger partial charge in [-0.1, -0.05) is 23.7 Å². The number of nitrogens with zero attached hydrogens (tertiary/aromatic N) is 2. The van der Waals surface area contributed by atoms with Crippen LogP contribution >= 0.6 is 11.6 Å². The van der Waals surface area contributed by atoms with Crippen LogP contribution in [0.2, 0.25) is 5.02 Å². The van der Waals surface area contributed by atoms with Gasteiger partial charge in [0.2, 0.25) is 0 Å². The quantitative estimate of drug-likeness (QED) is 0.859. The molecule has 106 valence electrons. The minimum atomic E-state index is -0.323. The number of aromatic nitrogens is 2. The number of anilines is 1. The van der Waals surface area contributed by atoms with Crippen molar-refractivity contribution < 1.29 is 4.74 Å². The number of hydrogen-bond donors (Lipinski definition) is 1. The summed E-state index contributed by atoms with van der Waals surface area (Å²) in [5, 5.41) is 7.07. The molecule has 0 unspecified atom stereocenters. The molecular weight excluding hydrogens is 278 g/mol. The summed E-state index contributed by atoms with van der Waals surface area (Å²) >= 11 is 5.94. The van der Waals surface area contributed by atoms with Crippen molar-refractivity contribution in [3.05, 3.63) is 51.4 Å². The Morgan fingerprint density at radius 3 is 3.00 bits per heavy atom. The minimum Gasteiger partial charge on any atom is -0.492 e. The highest BCUT2D eigenvalue weighted by Gasteiger charge is 2.06. The third-order valence-electron chi connectivity index (χ3n) is 2.75. The molecule has 2 rings (SSSR count). The van der Waals surface area contributed by atoms with Gasteiger partial charge in [-0.2, -0.15) is 5.10 Å². The van der Waals surface area contributed by atoms with Crippen molar-refractivity contribution in [1.82, 2.24) is 9.78 Å². The highest BCUT2D eigenvalue weighted by Crippen LogP contribution is 2.15. The van der Waals surface area contributed by atoms with Crippen molar-refractivity contribution in [3.8, 4) is 5.75 Å². The number of aryl methyl sites for hydroxylation is 2. The van der Waals surface area contributed by atoms with Crippen LogP contribution in [0.25, 0.3) is 0 Å². The molecule has 1 aromatic heterocycles. The summed E-state index contributed by atoms with van der Waals surface area (Å²) in [6.45, 7) is 3.01. The maximum absolute atomic E-state index is 11.6. The summed E-state index contributed by atoms with van der Waals surface area (Å²) in [4.78, 5) is 11.6. The highest BCUT2D eigenvalue weighted by atomic mass is 35.5. The van der Waals surface area contributed by atoms with Crippen LogP contribution in [-0.4, -0.2) is 22.9 Å². The van der Waals surface area contributed by atoms with Gasteiger partial charge in [0, 0.05) is 13.6 Å². The molecule has 0 bridgehead atoms. The van der Waals surface area contributed by atoms with Gasteiger partial charge in [0.15, 0.2) is 0 Å². The van der Waals surface area contributed by atoms with Gasteiger partial charge >= 0.3 is 0 Å². The second-order valence-corrected chi connectivity index (χ2v) is 4.77. The van der Waals surface area contributed by atoms with E-state index in [0.717, 1.165) is 11.3 Å². The average Bonchev–Trinajstić information content (AvgIpc) is 2.43. The molecule has 1 heterocycles. The molecule has 0 saturated carbocycles. The van der Waals surface area contributed by atoms with Gasteiger partial charge < -0.3 is 10.1 Å². The fraction of sp³-hybridized carbons (Fsp3) is 0.286. The second kappa shape index (κ2) is 6.43. The fourth-order valence-corrected chi connectivity index (χ4v) is 1.93. The molecule has 0 atom stereocenters. The van der Waals surface area contributed by atoms with Gasteiger partial charge in [0.1, 0.15) is 17.4 Å². The maximum Gasteiger partial charge on any atom is 0.287 e. The SMILES string of the molecule is Cc1cccc(OCCNc2cnn(C)c(=O)c2Cl)c1. The number of rotatable bonds is 5. The summed E-state index contributed by atoms with van der Waals surface area (Å²) in [6, 6.07) is 7.82. The van der Waals surface area contributed by atoms with Crippen molar-refractivity contribution in [2.45, 2.75) is 6.92 Å². The first kappa shape index (κ1) is 14.4. The number of ether oxygens (including phenoxy) is 1. The summed E-state index contributed by atoms with van der Waals surface area (Å²) in [7, 11) is 1.55. The molecule has 0 spiro atoms. The van der Waals surface area contributed by atoms with E-state index in [1.165, 1.54) is 10.9 Å². The normalized spacial score (nSPS) is 10.3. The van der Waals surface area contributed by atoms with E-state index in [9.17, 15) is 4.79 Å². The number of benzene rings is 1. The Labute approximate surface area is 122 Å². The van der Waals surface area contributed by atoms with E-state index in [0.29, 0.717) is 18.8 Å². The lowest BCUT2D eigenvalue weighted by atomic mass is 10.2. The van der Waals surface area contributed by atoms with Crippen molar-refractivity contribution in [2.75, 3.05) is 18.5 Å². The van der Waals surface area contributed by atoms with Gasteiger partial charge in [-0.3, -0.25) is 4.79 Å². The van der Waals surface area contributed by atoms with E-state index < -0.39 is 0 Å². The Balaban J connectivity index is 1.88. The van der Waals surface area contributed by atoms with Gasteiger partial charge in [-0.15, -0.1) is 0 Å². The summed E-state index contributed by atoms with van der Waals surface area (Å²) < 4.78 is 6.78. The van der Waals surface area contributed by atoms with Crippen LogP contribution in [-0.2, 0) is 7.05 Å². The number of halogens is 1. The first-order valence-corrected chi connectivity index (χ1v) is 6.61. The van der Waals surface area contributed by atoms with E-state index in [4.69, 9.17) is 16.3 Å². The Kier molecular flexibility index (Phi) is 4.63. The molecule has 6 heteroatoms. The summed E-state index contributed by atoms with van der Waals surface area (Å²) in [6.07, 6.45) is 1.52. The summed E-state index contributed by atoms with van der Waals surface area (Å²) in [5.41, 5.74) is 1.34. The molecule has 5 nitrogen and oxygen atoms in total. The Morgan fingerprint density at radius 2 is 2.25 bits per heavy atom. The van der Waals surface area contributed by atoms with Crippen LogP contribution < -0.4 is 15.6 Å². The molecule has 0 aliphatic carbocycles. The lowest BCUT2D eigenvalue weighted by Gasteiger charge is -2.10. The van der Waals surface area contributed by atoms with Crippen LogP contribution in [0.5, 0.6) is 5.75 Å². The van der Waals surface area contributed by atoms with Crippen molar-refractivity contribution in [2.24, 2.45) is 7.05 Å². The second-order valence-electron chi connectivity index (χ2n) is 4.39. The van der Waals surface area contributed by atoms with Crippen LogP contribution in [0.15, 0.2) is 35.3 Å². The van der Waals surface area contributed by atoms with Crippen molar-refractivity contribution in [1.29, 1.82) is 0 Å². The highest BCUT2D eigenvalue weighted by molar-refractivity contribution is 6.32. The molecule has 0 aliphatic rings. The molecule has 20 heavy (non-hydrogen) atoms. The molecule has 1 aromatic carbocycles. The average molecular weight is 294 g/mol. The predicted octanol–water partition coefficient (Wildman–Crippen LogP) is 2.23. The standard InChI is InChI=1S/C14H16ClN3O2/c1-10-4-3-5-11(8-10)20-7-6-16-12-9-17-18(2)14(19)13(12)15/h3-5,8-9,16H,6-7H2,1-2H3. The van der Waals surface area contributed by atoms with Gasteiger partial charge in [0.25, 0.3) is 5.56 Å². The summed E-state index contributed by atoms with van der Waals surface area (Å²) in [5.74, 6) is 0.819. The van der Waals surface area contributed by atoms with Crippen molar-refractivity contribution in [3.63, 3.8) is 0 Å². The number of hydrogen-bond acceptors (Lipinski definition) is 4. The van der Waals surface area contributed by atoms with Gasteiger partial charge in [-0.25, -0.2) is 4.68 Å². The third kappa shape index (κ3) is 3.51. The maximum atomic E-state index is 11.6. The molecule has 0 radical (unpaired) electrons. The zero-order chi connectivity index (χ0) is 14.5. The minimum absolute atomic E-state index is 0.137. The molecule has 2 aromatic rings. The largest absolute Gasteiger partial charge is 0.492 e. The van der Waals surface area contributed by atoms with Crippen molar-refractivity contribution >= 4 is 17.3 Å².